The molecule has 128 valence electrons. The molecule has 1 aliphatic rings. The van der Waals surface area contributed by atoms with E-state index in [4.69, 9.17) is 5.14 Å². The fourth-order valence-corrected chi connectivity index (χ4v) is 3.24. The maximum absolute atomic E-state index is 12.4. The zero-order valence-corrected chi connectivity index (χ0v) is 14.7. The Kier molecular flexibility index (Phi) is 5.44. The molecule has 0 heterocycles. The van der Waals surface area contributed by atoms with E-state index in [2.05, 4.69) is 0 Å². The summed E-state index contributed by atoms with van der Waals surface area (Å²) in [4.78, 5) is 16.3. The first-order valence-electron chi connectivity index (χ1n) is 7.86. The van der Waals surface area contributed by atoms with Crippen LogP contribution in [0.2, 0.25) is 0 Å². The van der Waals surface area contributed by atoms with Gasteiger partial charge in [0.2, 0.25) is 15.9 Å². The van der Waals surface area contributed by atoms with Gasteiger partial charge < -0.3 is 4.90 Å². The maximum atomic E-state index is 12.4. The average Bonchev–Trinajstić information content (AvgIpc) is 3.31. The summed E-state index contributed by atoms with van der Waals surface area (Å²) in [7, 11) is -1.85. The monoisotopic (exact) mass is 339 g/mol. The first-order chi connectivity index (χ1) is 10.7. The zero-order chi connectivity index (χ0) is 17.2. The van der Waals surface area contributed by atoms with Crippen LogP contribution in [0.15, 0.2) is 29.2 Å². The lowest BCUT2D eigenvalue weighted by Crippen LogP contribution is -2.40. The van der Waals surface area contributed by atoms with Crippen molar-refractivity contribution in [1.82, 2.24) is 9.80 Å². The average molecular weight is 339 g/mol. The van der Waals surface area contributed by atoms with E-state index in [0.29, 0.717) is 12.6 Å². The molecule has 1 aliphatic carbocycles. The van der Waals surface area contributed by atoms with Gasteiger partial charge in [0.25, 0.3) is 0 Å². The summed E-state index contributed by atoms with van der Waals surface area (Å²) in [6.45, 7) is 4.98. The lowest BCUT2D eigenvalue weighted by atomic mass is 10.1. The van der Waals surface area contributed by atoms with Gasteiger partial charge in [-0.05, 0) is 51.4 Å². The smallest absolute Gasteiger partial charge is 0.238 e. The highest BCUT2D eigenvalue weighted by Gasteiger charge is 2.32. The van der Waals surface area contributed by atoms with Gasteiger partial charge in [-0.3, -0.25) is 9.69 Å². The minimum atomic E-state index is -3.72. The molecular formula is C16H25N3O3S. The molecule has 0 unspecified atom stereocenters. The molecule has 23 heavy (non-hydrogen) atoms. The van der Waals surface area contributed by atoms with Gasteiger partial charge in [0.05, 0.1) is 11.4 Å². The van der Waals surface area contributed by atoms with Crippen LogP contribution >= 0.6 is 0 Å². The van der Waals surface area contributed by atoms with E-state index in [1.54, 1.807) is 12.1 Å². The summed E-state index contributed by atoms with van der Waals surface area (Å²) in [5, 5.41) is 5.18. The van der Waals surface area contributed by atoms with Crippen molar-refractivity contribution in [2.24, 2.45) is 5.14 Å². The van der Waals surface area contributed by atoms with Crippen molar-refractivity contribution in [3.8, 4) is 0 Å². The summed E-state index contributed by atoms with van der Waals surface area (Å²) < 4.78 is 22.9. The van der Waals surface area contributed by atoms with E-state index >= 15 is 0 Å². The molecule has 1 fully saturated rings. The van der Waals surface area contributed by atoms with Crippen LogP contribution in [0, 0.1) is 0 Å². The molecule has 2 rings (SSSR count). The molecule has 6 nitrogen and oxygen atoms in total. The van der Waals surface area contributed by atoms with Gasteiger partial charge in [0, 0.05) is 18.6 Å². The molecule has 1 atom stereocenters. The fourth-order valence-electron chi connectivity index (χ4n) is 2.67. The Hall–Kier alpha value is -1.44. The molecule has 1 aromatic rings. The maximum Gasteiger partial charge on any atom is 0.238 e. The number of hydrogen-bond acceptors (Lipinski definition) is 4. The van der Waals surface area contributed by atoms with Gasteiger partial charge in [-0.25, -0.2) is 13.6 Å². The Balaban J connectivity index is 2.07. The lowest BCUT2D eigenvalue weighted by Gasteiger charge is -2.28. The minimum Gasteiger partial charge on any atom is -0.339 e. The molecule has 0 aromatic heterocycles. The first kappa shape index (κ1) is 17.9. The highest BCUT2D eigenvalue weighted by atomic mass is 32.2. The van der Waals surface area contributed by atoms with Gasteiger partial charge in [0.15, 0.2) is 0 Å². The van der Waals surface area contributed by atoms with Crippen LogP contribution in [-0.4, -0.2) is 50.3 Å². The van der Waals surface area contributed by atoms with E-state index in [1.165, 1.54) is 6.07 Å². The third-order valence-electron chi connectivity index (χ3n) is 4.36. The molecular weight excluding hydrogens is 314 g/mol. The number of sulfonamides is 1. The summed E-state index contributed by atoms with van der Waals surface area (Å²) in [6, 6.07) is 6.88. The van der Waals surface area contributed by atoms with Crippen LogP contribution in [-0.2, 0) is 14.8 Å². The van der Waals surface area contributed by atoms with Crippen molar-refractivity contribution in [3.63, 3.8) is 0 Å². The summed E-state index contributed by atoms with van der Waals surface area (Å²) >= 11 is 0. The van der Waals surface area contributed by atoms with Gasteiger partial charge in [-0.15, -0.1) is 0 Å². The van der Waals surface area contributed by atoms with Crippen molar-refractivity contribution in [3.05, 3.63) is 29.8 Å². The van der Waals surface area contributed by atoms with E-state index < -0.39 is 10.0 Å². The number of likely N-dealkylation sites (N-methyl/N-ethyl adjacent to an activating group) is 2. The molecule has 0 radical (unpaired) electrons. The number of hydrogen-bond donors (Lipinski definition) is 1. The highest BCUT2D eigenvalue weighted by Crippen LogP contribution is 2.27. The highest BCUT2D eigenvalue weighted by molar-refractivity contribution is 7.89. The normalized spacial score (nSPS) is 16.4. The third-order valence-corrected chi connectivity index (χ3v) is 5.27. The molecule has 0 bridgehead atoms. The Morgan fingerprint density at radius 2 is 2.04 bits per heavy atom. The lowest BCUT2D eigenvalue weighted by molar-refractivity contribution is -0.132. The van der Waals surface area contributed by atoms with E-state index in [1.807, 2.05) is 36.8 Å². The van der Waals surface area contributed by atoms with Gasteiger partial charge in [-0.1, -0.05) is 12.1 Å². The predicted octanol–water partition coefficient (Wildman–Crippen LogP) is 1.34. The second-order valence-corrected chi connectivity index (χ2v) is 7.68. The largest absolute Gasteiger partial charge is 0.339 e. The van der Waals surface area contributed by atoms with Crippen LogP contribution in [0.5, 0.6) is 0 Å². The summed E-state index contributed by atoms with van der Waals surface area (Å²) in [5.74, 6) is 0.118. The van der Waals surface area contributed by atoms with Crippen LogP contribution in [0.1, 0.15) is 38.3 Å². The zero-order valence-electron chi connectivity index (χ0n) is 13.9. The molecule has 0 aliphatic heterocycles. The van der Waals surface area contributed by atoms with E-state index in [9.17, 15) is 13.2 Å². The minimum absolute atomic E-state index is 0.0847. The van der Waals surface area contributed by atoms with Crippen LogP contribution in [0.3, 0.4) is 0 Å². The molecule has 1 amide bonds. The van der Waals surface area contributed by atoms with Crippen molar-refractivity contribution >= 4 is 15.9 Å². The summed E-state index contributed by atoms with van der Waals surface area (Å²) in [6.07, 6.45) is 2.19. The summed E-state index contributed by atoms with van der Waals surface area (Å²) in [5.41, 5.74) is 0.821. The van der Waals surface area contributed by atoms with Crippen molar-refractivity contribution in [2.75, 3.05) is 20.1 Å². The van der Waals surface area contributed by atoms with Gasteiger partial charge in [-0.2, -0.15) is 0 Å². The number of carbonyl (C=O) groups excluding carboxylic acids is 1. The second kappa shape index (κ2) is 6.98. The Morgan fingerprint density at radius 1 is 1.39 bits per heavy atom. The third kappa shape index (κ3) is 4.53. The van der Waals surface area contributed by atoms with E-state index in [-0.39, 0.29) is 16.8 Å². The van der Waals surface area contributed by atoms with Crippen LogP contribution in [0.25, 0.3) is 0 Å². The topological polar surface area (TPSA) is 83.7 Å². The number of nitrogens with zero attached hydrogens (tertiary/aromatic N) is 2. The molecule has 2 N–H and O–H groups in total. The second-order valence-electron chi connectivity index (χ2n) is 6.12. The van der Waals surface area contributed by atoms with Crippen LogP contribution < -0.4 is 5.14 Å². The molecule has 0 saturated heterocycles. The predicted molar refractivity (Wildman–Crippen MR) is 89.3 cm³/mol. The number of carbonyl (C=O) groups is 1. The van der Waals surface area contributed by atoms with Gasteiger partial charge in [0.1, 0.15) is 0 Å². The Labute approximate surface area is 138 Å². The van der Waals surface area contributed by atoms with Crippen molar-refractivity contribution < 1.29 is 13.2 Å². The Bertz CT molecular complexity index is 671. The van der Waals surface area contributed by atoms with Crippen molar-refractivity contribution in [2.45, 2.75) is 43.7 Å². The number of primary sulfonamides is 1. The van der Waals surface area contributed by atoms with Gasteiger partial charge >= 0.3 is 0 Å². The number of benzene rings is 1. The Morgan fingerprint density at radius 3 is 2.57 bits per heavy atom. The molecule has 7 heteroatoms. The number of nitrogens with two attached hydrogens (primary N) is 1. The molecule has 1 saturated carbocycles. The van der Waals surface area contributed by atoms with Crippen molar-refractivity contribution in [1.29, 1.82) is 0 Å². The SMILES string of the molecule is CCN(C(=O)CN(C)[C@@H](C)c1cccc(S(N)(=O)=O)c1)C1CC1. The molecule has 0 spiro atoms. The number of rotatable bonds is 7. The quantitative estimate of drug-likeness (QED) is 0.812. The van der Waals surface area contributed by atoms with E-state index in [0.717, 1.165) is 24.9 Å². The number of amides is 1. The molecule has 1 aromatic carbocycles. The standard InChI is InChI=1S/C16H25N3O3S/c1-4-19(14-8-9-14)16(20)11-18(3)12(2)13-6-5-7-15(10-13)23(17,21)22/h5-7,10,12,14H,4,8-9,11H2,1-3H3,(H2,17,21,22)/t12-/m0/s1. The fraction of sp³-hybridized carbons (Fsp3) is 0.562. The first-order valence-corrected chi connectivity index (χ1v) is 9.41. The van der Waals surface area contributed by atoms with Crippen LogP contribution in [0.4, 0.5) is 0 Å².